The van der Waals surface area contributed by atoms with Gasteiger partial charge in [0, 0.05) is 18.7 Å². The van der Waals surface area contributed by atoms with Gasteiger partial charge >= 0.3 is 0 Å². The lowest BCUT2D eigenvalue weighted by Crippen LogP contribution is -2.28. The molecule has 0 aliphatic carbocycles. The van der Waals surface area contributed by atoms with E-state index in [2.05, 4.69) is 0 Å². The molecule has 0 aromatic heterocycles. The highest BCUT2D eigenvalue weighted by molar-refractivity contribution is 8.18. The molecule has 1 heterocycles. The number of ether oxygens (including phenoxy) is 1. The minimum absolute atomic E-state index is 0.00966. The Kier molecular flexibility index (Phi) is 6.56. The lowest BCUT2D eigenvalue weighted by molar-refractivity contribution is -0.384. The van der Waals surface area contributed by atoms with Crippen LogP contribution in [0.25, 0.3) is 6.08 Å². The predicted molar refractivity (Wildman–Crippen MR) is 112 cm³/mol. The molecule has 3 rings (SSSR count). The van der Waals surface area contributed by atoms with Crippen molar-refractivity contribution in [1.29, 1.82) is 0 Å². The fourth-order valence-electron chi connectivity index (χ4n) is 2.71. The number of hydrogen-bond acceptors (Lipinski definition) is 6. The van der Waals surface area contributed by atoms with Crippen molar-refractivity contribution in [3.8, 4) is 5.75 Å². The number of nitrogens with zero attached hydrogens (tertiary/aromatic N) is 2. The number of halogens is 1. The van der Waals surface area contributed by atoms with Crippen molar-refractivity contribution in [3.63, 3.8) is 0 Å². The molecule has 0 radical (unpaired) electrons. The third-order valence-corrected chi connectivity index (χ3v) is 5.29. The molecule has 0 saturated carbocycles. The van der Waals surface area contributed by atoms with Crippen LogP contribution in [-0.4, -0.2) is 27.5 Å². The number of carbonyl (C=O) groups is 2. The molecule has 29 heavy (non-hydrogen) atoms. The van der Waals surface area contributed by atoms with E-state index in [0.717, 1.165) is 11.8 Å². The predicted octanol–water partition coefficient (Wildman–Crippen LogP) is 5.27. The van der Waals surface area contributed by atoms with E-state index >= 15 is 0 Å². The molecule has 0 spiro atoms. The first-order chi connectivity index (χ1) is 13.9. The number of rotatable bonds is 7. The highest BCUT2D eigenvalue weighted by Gasteiger charge is 2.34. The first-order valence-electron chi connectivity index (χ1n) is 8.80. The van der Waals surface area contributed by atoms with Crippen LogP contribution in [0, 0.1) is 10.1 Å². The van der Waals surface area contributed by atoms with Gasteiger partial charge in [0.05, 0.1) is 14.9 Å². The van der Waals surface area contributed by atoms with Gasteiger partial charge in [-0.25, -0.2) is 0 Å². The van der Waals surface area contributed by atoms with Crippen LogP contribution >= 0.6 is 23.4 Å². The van der Waals surface area contributed by atoms with E-state index in [1.54, 1.807) is 36.4 Å². The zero-order valence-electron chi connectivity index (χ0n) is 15.5. The molecule has 9 heteroatoms. The van der Waals surface area contributed by atoms with Crippen LogP contribution in [0.3, 0.4) is 0 Å². The summed E-state index contributed by atoms with van der Waals surface area (Å²) in [5.41, 5.74) is 1.30. The molecular formula is C20H17ClN2O5S. The summed E-state index contributed by atoms with van der Waals surface area (Å²) in [6.45, 7) is 2.42. The molecule has 1 aliphatic rings. The first kappa shape index (κ1) is 20.9. The Labute approximate surface area is 176 Å². The Balaban J connectivity index is 1.71. The van der Waals surface area contributed by atoms with Crippen LogP contribution < -0.4 is 4.74 Å². The average Bonchev–Trinajstić information content (AvgIpc) is 2.95. The normalized spacial score (nSPS) is 15.2. The van der Waals surface area contributed by atoms with Crippen molar-refractivity contribution >= 4 is 46.3 Å². The number of hydrogen-bond donors (Lipinski definition) is 0. The van der Waals surface area contributed by atoms with Gasteiger partial charge in [-0.05, 0) is 47.5 Å². The van der Waals surface area contributed by atoms with E-state index in [4.69, 9.17) is 16.3 Å². The topological polar surface area (TPSA) is 89.8 Å². The molecule has 1 fully saturated rings. The standard InChI is InChI=1S/C20H17ClN2O5S/c1-2-8-22-19(24)18(29-20(22)25)11-13-6-7-17(16(21)10-13)28-12-14-4-3-5-15(9-14)23(26)27/h3-7,9-11H,2,8,12H2,1H3/b18-11-. The molecule has 0 bridgehead atoms. The zero-order valence-corrected chi connectivity index (χ0v) is 17.0. The summed E-state index contributed by atoms with van der Waals surface area (Å²) in [6.07, 6.45) is 2.32. The number of non-ortho nitro benzene ring substituents is 1. The van der Waals surface area contributed by atoms with Crippen LogP contribution in [0.2, 0.25) is 5.02 Å². The largest absolute Gasteiger partial charge is 0.487 e. The summed E-state index contributed by atoms with van der Waals surface area (Å²) in [6, 6.07) is 11.2. The van der Waals surface area contributed by atoms with Gasteiger partial charge in [-0.1, -0.05) is 36.7 Å². The molecule has 0 unspecified atom stereocenters. The molecule has 1 saturated heterocycles. The number of nitro groups is 1. The van der Waals surface area contributed by atoms with Crippen molar-refractivity contribution < 1.29 is 19.2 Å². The Hall–Kier alpha value is -2.84. The molecule has 2 aromatic carbocycles. The summed E-state index contributed by atoms with van der Waals surface area (Å²) in [5.74, 6) is 0.110. The molecule has 0 atom stereocenters. The SMILES string of the molecule is CCCN1C(=O)S/C(=C\c2ccc(OCc3cccc([N+](=O)[O-])c3)c(Cl)c2)C1=O. The van der Waals surface area contributed by atoms with E-state index in [1.165, 1.54) is 17.0 Å². The molecule has 2 amide bonds. The number of amides is 2. The second kappa shape index (κ2) is 9.11. The smallest absolute Gasteiger partial charge is 0.293 e. The third kappa shape index (κ3) is 4.96. The number of imide groups is 1. The minimum Gasteiger partial charge on any atom is -0.487 e. The molecule has 150 valence electrons. The van der Waals surface area contributed by atoms with Crippen molar-refractivity contribution in [2.45, 2.75) is 20.0 Å². The number of thioether (sulfide) groups is 1. The number of carbonyl (C=O) groups excluding carboxylic acids is 2. The Bertz CT molecular complexity index is 1010. The summed E-state index contributed by atoms with van der Waals surface area (Å²) in [7, 11) is 0. The summed E-state index contributed by atoms with van der Waals surface area (Å²) in [5, 5.41) is 10.9. The van der Waals surface area contributed by atoms with Crippen LogP contribution in [0.5, 0.6) is 5.75 Å². The van der Waals surface area contributed by atoms with Crippen molar-refractivity contribution in [2.75, 3.05) is 6.54 Å². The van der Waals surface area contributed by atoms with Crippen molar-refractivity contribution in [1.82, 2.24) is 4.90 Å². The lowest BCUT2D eigenvalue weighted by Gasteiger charge is -2.10. The van der Waals surface area contributed by atoms with E-state index in [1.807, 2.05) is 6.92 Å². The third-order valence-electron chi connectivity index (χ3n) is 4.09. The summed E-state index contributed by atoms with van der Waals surface area (Å²) >= 11 is 7.18. The van der Waals surface area contributed by atoms with Crippen molar-refractivity contribution in [3.05, 3.63) is 73.6 Å². The fraction of sp³-hybridized carbons (Fsp3) is 0.200. The Morgan fingerprint density at radius 3 is 2.72 bits per heavy atom. The highest BCUT2D eigenvalue weighted by Crippen LogP contribution is 2.34. The van der Waals surface area contributed by atoms with Crippen LogP contribution in [0.4, 0.5) is 10.5 Å². The first-order valence-corrected chi connectivity index (χ1v) is 9.99. The summed E-state index contributed by atoms with van der Waals surface area (Å²) in [4.78, 5) is 36.2. The van der Waals surface area contributed by atoms with Crippen LogP contribution in [-0.2, 0) is 11.4 Å². The maximum Gasteiger partial charge on any atom is 0.293 e. The van der Waals surface area contributed by atoms with Gasteiger partial charge in [-0.15, -0.1) is 0 Å². The number of nitro benzene ring substituents is 1. The van der Waals surface area contributed by atoms with Crippen LogP contribution in [0.15, 0.2) is 47.4 Å². The van der Waals surface area contributed by atoms with Gasteiger partial charge < -0.3 is 4.74 Å². The highest BCUT2D eigenvalue weighted by atomic mass is 35.5. The molecule has 0 N–H and O–H groups in total. The second-order valence-electron chi connectivity index (χ2n) is 6.24. The van der Waals surface area contributed by atoms with Gasteiger partial charge in [-0.2, -0.15) is 0 Å². The van der Waals surface area contributed by atoms with E-state index in [9.17, 15) is 19.7 Å². The van der Waals surface area contributed by atoms with E-state index in [-0.39, 0.29) is 23.4 Å². The molecule has 1 aliphatic heterocycles. The second-order valence-corrected chi connectivity index (χ2v) is 7.64. The molecular weight excluding hydrogens is 416 g/mol. The zero-order chi connectivity index (χ0) is 21.0. The van der Waals surface area contributed by atoms with Gasteiger partial charge in [0.1, 0.15) is 12.4 Å². The molecule has 2 aromatic rings. The number of benzene rings is 2. The Morgan fingerprint density at radius 2 is 2.03 bits per heavy atom. The quantitative estimate of drug-likeness (QED) is 0.336. The maximum atomic E-state index is 12.3. The maximum absolute atomic E-state index is 12.3. The van der Waals surface area contributed by atoms with Gasteiger partial charge in [-0.3, -0.25) is 24.6 Å². The van der Waals surface area contributed by atoms with Crippen LogP contribution in [0.1, 0.15) is 24.5 Å². The molecule has 7 nitrogen and oxygen atoms in total. The Morgan fingerprint density at radius 1 is 1.24 bits per heavy atom. The van der Waals surface area contributed by atoms with Gasteiger partial charge in [0.25, 0.3) is 16.8 Å². The monoisotopic (exact) mass is 432 g/mol. The fourth-order valence-corrected chi connectivity index (χ4v) is 3.82. The van der Waals surface area contributed by atoms with Gasteiger partial charge in [0.2, 0.25) is 0 Å². The summed E-state index contributed by atoms with van der Waals surface area (Å²) < 4.78 is 5.66. The van der Waals surface area contributed by atoms with Gasteiger partial charge in [0.15, 0.2) is 0 Å². The van der Waals surface area contributed by atoms with Crippen molar-refractivity contribution in [2.24, 2.45) is 0 Å². The average molecular weight is 433 g/mol. The van der Waals surface area contributed by atoms with E-state index < -0.39 is 4.92 Å². The lowest BCUT2D eigenvalue weighted by atomic mass is 10.2. The van der Waals surface area contributed by atoms with E-state index in [0.29, 0.717) is 39.8 Å². The minimum atomic E-state index is -0.465.